The molecule has 5 heteroatoms. The lowest BCUT2D eigenvalue weighted by Gasteiger charge is -2.10. The van der Waals surface area contributed by atoms with Crippen LogP contribution < -0.4 is 11.1 Å². The van der Waals surface area contributed by atoms with Crippen LogP contribution in [0.2, 0.25) is 5.02 Å². The summed E-state index contributed by atoms with van der Waals surface area (Å²) in [4.78, 5) is 0. The molecular weight excluding hydrogens is 246 g/mol. The molecule has 0 saturated heterocycles. The molecule has 0 radical (unpaired) electrons. The Bertz CT molecular complexity index is 558. The number of anilines is 3. The summed E-state index contributed by atoms with van der Waals surface area (Å²) in [5, 5.41) is 3.19. The van der Waals surface area contributed by atoms with E-state index in [-0.39, 0.29) is 5.69 Å². The van der Waals surface area contributed by atoms with E-state index in [1.807, 2.05) is 0 Å². The number of halogens is 3. The van der Waals surface area contributed by atoms with Gasteiger partial charge < -0.3 is 11.1 Å². The van der Waals surface area contributed by atoms with Crippen molar-refractivity contribution in [3.8, 4) is 0 Å². The van der Waals surface area contributed by atoms with E-state index in [1.165, 1.54) is 6.07 Å². The van der Waals surface area contributed by atoms with E-state index in [9.17, 15) is 8.78 Å². The molecule has 3 N–H and O–H groups in total. The molecule has 0 aromatic heterocycles. The van der Waals surface area contributed by atoms with E-state index >= 15 is 0 Å². The molecule has 0 aliphatic heterocycles. The fourth-order valence-electron chi connectivity index (χ4n) is 1.39. The summed E-state index contributed by atoms with van der Waals surface area (Å²) in [6.45, 7) is 0. The smallest absolute Gasteiger partial charge is 0.146 e. The third-order valence-electron chi connectivity index (χ3n) is 2.21. The van der Waals surface area contributed by atoms with Gasteiger partial charge in [0.25, 0.3) is 0 Å². The highest BCUT2D eigenvalue weighted by Crippen LogP contribution is 2.27. The van der Waals surface area contributed by atoms with E-state index in [4.69, 9.17) is 17.3 Å². The molecule has 88 valence electrons. The molecule has 2 aromatic carbocycles. The zero-order chi connectivity index (χ0) is 12.4. The van der Waals surface area contributed by atoms with E-state index in [2.05, 4.69) is 5.32 Å². The summed E-state index contributed by atoms with van der Waals surface area (Å²) in [5.41, 5.74) is 6.55. The first-order valence-electron chi connectivity index (χ1n) is 4.83. The summed E-state index contributed by atoms with van der Waals surface area (Å²) >= 11 is 5.73. The van der Waals surface area contributed by atoms with Crippen LogP contribution in [0.25, 0.3) is 0 Å². The minimum absolute atomic E-state index is 0.0269. The molecular formula is C12H9ClF2N2. The predicted molar refractivity (Wildman–Crippen MR) is 65.5 cm³/mol. The second-order valence-corrected chi connectivity index (χ2v) is 3.92. The summed E-state index contributed by atoms with van der Waals surface area (Å²) in [7, 11) is 0. The molecule has 2 rings (SSSR count). The van der Waals surface area contributed by atoms with Crippen LogP contribution in [0.4, 0.5) is 25.8 Å². The Hall–Kier alpha value is -1.81. The largest absolute Gasteiger partial charge is 0.397 e. The van der Waals surface area contributed by atoms with Crippen molar-refractivity contribution < 1.29 is 8.78 Å². The van der Waals surface area contributed by atoms with Gasteiger partial charge in [-0.1, -0.05) is 11.6 Å². The topological polar surface area (TPSA) is 38.0 Å². The number of nitrogens with one attached hydrogen (secondary N) is 1. The molecule has 0 aliphatic rings. The molecule has 2 nitrogen and oxygen atoms in total. The van der Waals surface area contributed by atoms with E-state index in [0.29, 0.717) is 16.4 Å². The molecule has 0 atom stereocenters. The normalized spacial score (nSPS) is 10.3. The Balaban J connectivity index is 2.34. The predicted octanol–water partition coefficient (Wildman–Crippen LogP) is 3.94. The van der Waals surface area contributed by atoms with Crippen molar-refractivity contribution in [1.82, 2.24) is 0 Å². The fourth-order valence-corrected chi connectivity index (χ4v) is 1.57. The number of benzene rings is 2. The van der Waals surface area contributed by atoms with Gasteiger partial charge in [-0.3, -0.25) is 0 Å². The number of nitrogens with two attached hydrogens (primary N) is 1. The second-order valence-electron chi connectivity index (χ2n) is 3.48. The zero-order valence-electron chi connectivity index (χ0n) is 8.68. The highest BCUT2D eigenvalue weighted by molar-refractivity contribution is 6.31. The Morgan fingerprint density at radius 3 is 2.47 bits per heavy atom. The summed E-state index contributed by atoms with van der Waals surface area (Å²) in [6.07, 6.45) is 0. The van der Waals surface area contributed by atoms with Crippen LogP contribution in [0, 0.1) is 11.6 Å². The minimum atomic E-state index is -0.555. The van der Waals surface area contributed by atoms with Gasteiger partial charge >= 0.3 is 0 Å². The molecule has 17 heavy (non-hydrogen) atoms. The fraction of sp³-hybridized carbons (Fsp3) is 0. The van der Waals surface area contributed by atoms with Crippen molar-refractivity contribution in [2.24, 2.45) is 0 Å². The molecule has 0 amide bonds. The van der Waals surface area contributed by atoms with Crippen LogP contribution in [-0.2, 0) is 0 Å². The lowest BCUT2D eigenvalue weighted by atomic mass is 10.2. The van der Waals surface area contributed by atoms with Crippen molar-refractivity contribution in [1.29, 1.82) is 0 Å². The standard InChI is InChI=1S/C12H9ClF2N2/c13-7-1-4-11(10(16)5-7)17-12-6-8(14)2-3-9(12)15/h1-6,17H,16H2. The maximum Gasteiger partial charge on any atom is 0.146 e. The Kier molecular flexibility index (Phi) is 3.15. The number of nitrogen functional groups attached to an aromatic ring is 1. The quantitative estimate of drug-likeness (QED) is 0.797. The number of hydrogen-bond donors (Lipinski definition) is 2. The van der Waals surface area contributed by atoms with E-state index in [1.54, 1.807) is 12.1 Å². The highest BCUT2D eigenvalue weighted by atomic mass is 35.5. The van der Waals surface area contributed by atoms with Crippen LogP contribution in [0.15, 0.2) is 36.4 Å². The van der Waals surface area contributed by atoms with E-state index < -0.39 is 11.6 Å². The summed E-state index contributed by atoms with van der Waals surface area (Å²) in [5.74, 6) is -1.08. The molecule has 0 heterocycles. The first-order chi connectivity index (χ1) is 8.06. The van der Waals surface area contributed by atoms with Gasteiger partial charge in [0.05, 0.1) is 17.1 Å². The van der Waals surface area contributed by atoms with Crippen molar-refractivity contribution in [3.63, 3.8) is 0 Å². The number of hydrogen-bond acceptors (Lipinski definition) is 2. The molecule has 0 aliphatic carbocycles. The van der Waals surface area contributed by atoms with Gasteiger partial charge in [0.15, 0.2) is 0 Å². The van der Waals surface area contributed by atoms with Gasteiger partial charge in [-0.2, -0.15) is 0 Å². The van der Waals surface area contributed by atoms with Crippen LogP contribution in [0.5, 0.6) is 0 Å². The maximum absolute atomic E-state index is 13.4. The lowest BCUT2D eigenvalue weighted by Crippen LogP contribution is -1.98. The van der Waals surface area contributed by atoms with Crippen molar-refractivity contribution in [2.75, 3.05) is 11.1 Å². The van der Waals surface area contributed by atoms with Gasteiger partial charge in [0.2, 0.25) is 0 Å². The van der Waals surface area contributed by atoms with Gasteiger partial charge in [-0.15, -0.1) is 0 Å². The molecule has 0 bridgehead atoms. The molecule has 0 unspecified atom stereocenters. The van der Waals surface area contributed by atoms with Crippen molar-refractivity contribution in [3.05, 3.63) is 53.1 Å². The van der Waals surface area contributed by atoms with Gasteiger partial charge in [0.1, 0.15) is 11.6 Å². The van der Waals surface area contributed by atoms with Gasteiger partial charge in [0, 0.05) is 11.1 Å². The zero-order valence-corrected chi connectivity index (χ0v) is 9.43. The van der Waals surface area contributed by atoms with Crippen LogP contribution >= 0.6 is 11.6 Å². The lowest BCUT2D eigenvalue weighted by molar-refractivity contribution is 0.603. The minimum Gasteiger partial charge on any atom is -0.397 e. The third-order valence-corrected chi connectivity index (χ3v) is 2.45. The van der Waals surface area contributed by atoms with Crippen LogP contribution in [0.1, 0.15) is 0 Å². The molecule has 0 saturated carbocycles. The van der Waals surface area contributed by atoms with Gasteiger partial charge in [-0.25, -0.2) is 8.78 Å². The summed E-state index contributed by atoms with van der Waals surface area (Å²) < 4.78 is 26.3. The van der Waals surface area contributed by atoms with Gasteiger partial charge in [-0.05, 0) is 30.3 Å². The first-order valence-corrected chi connectivity index (χ1v) is 5.21. The van der Waals surface area contributed by atoms with Crippen LogP contribution in [0.3, 0.4) is 0 Å². The number of rotatable bonds is 2. The molecule has 0 fully saturated rings. The van der Waals surface area contributed by atoms with Crippen molar-refractivity contribution in [2.45, 2.75) is 0 Å². The SMILES string of the molecule is Nc1cc(Cl)ccc1Nc1cc(F)ccc1F. The average Bonchev–Trinajstić information content (AvgIpc) is 2.27. The molecule has 0 spiro atoms. The van der Waals surface area contributed by atoms with Crippen LogP contribution in [-0.4, -0.2) is 0 Å². The maximum atomic E-state index is 13.4. The summed E-state index contributed by atoms with van der Waals surface area (Å²) in [6, 6.07) is 7.89. The van der Waals surface area contributed by atoms with Crippen molar-refractivity contribution >= 4 is 28.7 Å². The van der Waals surface area contributed by atoms with E-state index in [0.717, 1.165) is 18.2 Å². The Morgan fingerprint density at radius 1 is 1.00 bits per heavy atom. The average molecular weight is 255 g/mol. The first kappa shape index (κ1) is 11.7. The molecule has 2 aromatic rings. The monoisotopic (exact) mass is 254 g/mol. The Labute approximate surface area is 102 Å². The highest BCUT2D eigenvalue weighted by Gasteiger charge is 2.06. The third kappa shape index (κ3) is 2.65. The Morgan fingerprint density at radius 2 is 1.76 bits per heavy atom. The second kappa shape index (κ2) is 4.59.